The summed E-state index contributed by atoms with van der Waals surface area (Å²) < 4.78 is 0. The zero-order chi connectivity index (χ0) is 11.0. The number of carbonyl (C=O) groups is 1. The summed E-state index contributed by atoms with van der Waals surface area (Å²) in [5, 5.41) is 9.86. The molecule has 0 heterocycles. The topological polar surface area (TPSA) is 37.3 Å². The SMILES string of the molecule is Cc1cc(Cl)ccc1C(C(=O)O)C1CC1. The molecule has 1 unspecified atom stereocenters. The molecule has 1 aromatic rings. The van der Waals surface area contributed by atoms with Crippen LogP contribution in [0, 0.1) is 12.8 Å². The van der Waals surface area contributed by atoms with E-state index in [0.717, 1.165) is 24.0 Å². The molecule has 80 valence electrons. The fraction of sp³-hybridized carbons (Fsp3) is 0.417. The second-order valence-electron chi connectivity index (χ2n) is 4.15. The molecule has 1 fully saturated rings. The maximum atomic E-state index is 11.2. The van der Waals surface area contributed by atoms with Crippen LogP contribution >= 0.6 is 11.6 Å². The summed E-state index contributed by atoms with van der Waals surface area (Å²) in [6.45, 7) is 1.92. The van der Waals surface area contributed by atoms with Gasteiger partial charge in [0.2, 0.25) is 0 Å². The molecule has 1 N–H and O–H groups in total. The third-order valence-corrected chi connectivity index (χ3v) is 3.16. The standard InChI is InChI=1S/C12H13ClO2/c1-7-6-9(13)4-5-10(7)11(12(14)15)8-2-3-8/h4-6,8,11H,2-3H2,1H3,(H,14,15). The first kappa shape index (κ1) is 10.5. The van der Waals surface area contributed by atoms with Crippen molar-refractivity contribution in [3.05, 3.63) is 34.3 Å². The van der Waals surface area contributed by atoms with E-state index in [-0.39, 0.29) is 5.92 Å². The third-order valence-electron chi connectivity index (χ3n) is 2.93. The van der Waals surface area contributed by atoms with Crippen LogP contribution in [0.25, 0.3) is 0 Å². The zero-order valence-electron chi connectivity index (χ0n) is 8.53. The first-order valence-electron chi connectivity index (χ1n) is 5.08. The van der Waals surface area contributed by atoms with Crippen molar-refractivity contribution in [1.82, 2.24) is 0 Å². The molecule has 0 spiro atoms. The van der Waals surface area contributed by atoms with Gasteiger partial charge in [-0.2, -0.15) is 0 Å². The molecule has 2 rings (SSSR count). The Balaban J connectivity index is 2.37. The number of hydrogen-bond donors (Lipinski definition) is 1. The summed E-state index contributed by atoms with van der Waals surface area (Å²) in [5.41, 5.74) is 1.89. The van der Waals surface area contributed by atoms with Crippen LogP contribution < -0.4 is 0 Å². The van der Waals surface area contributed by atoms with Crippen LogP contribution in [0.3, 0.4) is 0 Å². The minimum atomic E-state index is -0.720. The molecule has 15 heavy (non-hydrogen) atoms. The van der Waals surface area contributed by atoms with E-state index in [9.17, 15) is 9.90 Å². The minimum absolute atomic E-state index is 0.322. The Morgan fingerprint density at radius 2 is 2.20 bits per heavy atom. The second kappa shape index (κ2) is 3.86. The lowest BCUT2D eigenvalue weighted by atomic mass is 9.91. The highest BCUT2D eigenvalue weighted by Gasteiger charge is 2.37. The fourth-order valence-corrected chi connectivity index (χ4v) is 2.23. The third kappa shape index (κ3) is 2.15. The summed E-state index contributed by atoms with van der Waals surface area (Å²) in [6.07, 6.45) is 2.05. The fourth-order valence-electron chi connectivity index (χ4n) is 2.01. The van der Waals surface area contributed by atoms with Crippen LogP contribution in [0.2, 0.25) is 5.02 Å². The second-order valence-corrected chi connectivity index (χ2v) is 4.59. The lowest BCUT2D eigenvalue weighted by Gasteiger charge is -2.14. The number of rotatable bonds is 3. The van der Waals surface area contributed by atoms with E-state index < -0.39 is 5.97 Å². The van der Waals surface area contributed by atoms with Gasteiger partial charge in [-0.3, -0.25) is 4.79 Å². The molecule has 1 saturated carbocycles. The van der Waals surface area contributed by atoms with Crippen molar-refractivity contribution >= 4 is 17.6 Å². The molecule has 1 atom stereocenters. The average Bonchev–Trinajstić information content (AvgIpc) is 2.92. The number of carboxylic acid groups (broad SMARTS) is 1. The smallest absolute Gasteiger partial charge is 0.311 e. The molecule has 0 aromatic heterocycles. The predicted molar refractivity (Wildman–Crippen MR) is 59.3 cm³/mol. The number of hydrogen-bond acceptors (Lipinski definition) is 1. The van der Waals surface area contributed by atoms with E-state index in [2.05, 4.69) is 0 Å². The summed E-state index contributed by atoms with van der Waals surface area (Å²) in [5.74, 6) is -0.743. The molecular weight excluding hydrogens is 212 g/mol. The number of benzene rings is 1. The van der Waals surface area contributed by atoms with Crippen LogP contribution in [0.5, 0.6) is 0 Å². The van der Waals surface area contributed by atoms with E-state index in [1.54, 1.807) is 6.07 Å². The van der Waals surface area contributed by atoms with Gasteiger partial charge in [0, 0.05) is 5.02 Å². The molecule has 0 aliphatic heterocycles. The molecule has 1 aromatic carbocycles. The van der Waals surface area contributed by atoms with Gasteiger partial charge in [0.25, 0.3) is 0 Å². The van der Waals surface area contributed by atoms with Gasteiger partial charge in [-0.25, -0.2) is 0 Å². The lowest BCUT2D eigenvalue weighted by molar-refractivity contribution is -0.139. The van der Waals surface area contributed by atoms with Gasteiger partial charge in [-0.15, -0.1) is 0 Å². The van der Waals surface area contributed by atoms with Crippen molar-refractivity contribution in [3.63, 3.8) is 0 Å². The molecule has 1 aliphatic carbocycles. The first-order valence-corrected chi connectivity index (χ1v) is 5.46. The van der Waals surface area contributed by atoms with Crippen molar-refractivity contribution in [2.45, 2.75) is 25.7 Å². The Morgan fingerprint density at radius 3 is 2.67 bits per heavy atom. The quantitative estimate of drug-likeness (QED) is 0.856. The molecule has 0 radical (unpaired) electrons. The summed E-state index contributed by atoms with van der Waals surface area (Å²) in [4.78, 5) is 11.2. The van der Waals surface area contributed by atoms with Crippen LogP contribution in [-0.4, -0.2) is 11.1 Å². The highest BCUT2D eigenvalue weighted by molar-refractivity contribution is 6.30. The Labute approximate surface area is 93.9 Å². The van der Waals surface area contributed by atoms with Crippen molar-refractivity contribution < 1.29 is 9.90 Å². The van der Waals surface area contributed by atoms with Gasteiger partial charge in [0.15, 0.2) is 0 Å². The van der Waals surface area contributed by atoms with Crippen LogP contribution in [0.15, 0.2) is 18.2 Å². The molecule has 0 saturated heterocycles. The monoisotopic (exact) mass is 224 g/mol. The Hall–Kier alpha value is -1.02. The van der Waals surface area contributed by atoms with Crippen molar-refractivity contribution in [1.29, 1.82) is 0 Å². The molecule has 1 aliphatic rings. The average molecular weight is 225 g/mol. The summed E-state index contributed by atoms with van der Waals surface area (Å²) >= 11 is 5.85. The van der Waals surface area contributed by atoms with Gasteiger partial charge in [0.05, 0.1) is 5.92 Å². The van der Waals surface area contributed by atoms with Gasteiger partial charge in [-0.1, -0.05) is 17.7 Å². The molecule has 3 heteroatoms. The highest BCUT2D eigenvalue weighted by atomic mass is 35.5. The van der Waals surface area contributed by atoms with Crippen LogP contribution in [0.1, 0.15) is 29.9 Å². The van der Waals surface area contributed by atoms with E-state index in [4.69, 9.17) is 11.6 Å². The lowest BCUT2D eigenvalue weighted by Crippen LogP contribution is -2.14. The molecular formula is C12H13ClO2. The van der Waals surface area contributed by atoms with E-state index in [1.807, 2.05) is 19.1 Å². The van der Waals surface area contributed by atoms with Crippen LogP contribution in [-0.2, 0) is 4.79 Å². The van der Waals surface area contributed by atoms with Crippen molar-refractivity contribution in [3.8, 4) is 0 Å². The molecule has 0 bridgehead atoms. The van der Waals surface area contributed by atoms with E-state index in [0.29, 0.717) is 10.9 Å². The van der Waals surface area contributed by atoms with Crippen molar-refractivity contribution in [2.75, 3.05) is 0 Å². The zero-order valence-corrected chi connectivity index (χ0v) is 9.29. The molecule has 2 nitrogen and oxygen atoms in total. The summed E-state index contributed by atoms with van der Waals surface area (Å²) in [7, 11) is 0. The Morgan fingerprint density at radius 1 is 1.53 bits per heavy atom. The molecule has 0 amide bonds. The maximum absolute atomic E-state index is 11.2. The normalized spacial score (nSPS) is 17.5. The highest BCUT2D eigenvalue weighted by Crippen LogP contribution is 2.43. The van der Waals surface area contributed by atoms with Crippen LogP contribution in [0.4, 0.5) is 0 Å². The van der Waals surface area contributed by atoms with E-state index >= 15 is 0 Å². The van der Waals surface area contributed by atoms with Gasteiger partial charge in [-0.05, 0) is 48.9 Å². The van der Waals surface area contributed by atoms with E-state index in [1.165, 1.54) is 0 Å². The largest absolute Gasteiger partial charge is 0.481 e. The van der Waals surface area contributed by atoms with Crippen molar-refractivity contribution in [2.24, 2.45) is 5.92 Å². The predicted octanol–water partition coefficient (Wildman–Crippen LogP) is 3.23. The number of aliphatic carboxylic acids is 1. The first-order chi connectivity index (χ1) is 7.09. The Bertz CT molecular complexity index is 397. The van der Waals surface area contributed by atoms with Gasteiger partial charge >= 0.3 is 5.97 Å². The van der Waals surface area contributed by atoms with Gasteiger partial charge < -0.3 is 5.11 Å². The Kier molecular flexibility index (Phi) is 2.70. The maximum Gasteiger partial charge on any atom is 0.311 e. The minimum Gasteiger partial charge on any atom is -0.481 e. The number of halogens is 1. The van der Waals surface area contributed by atoms with Gasteiger partial charge in [0.1, 0.15) is 0 Å². The number of carboxylic acids is 1. The number of aryl methyl sites for hydroxylation is 1. The summed E-state index contributed by atoms with van der Waals surface area (Å²) in [6, 6.07) is 5.44.